The smallest absolute Gasteiger partial charge is 0.320 e. The van der Waals surface area contributed by atoms with E-state index >= 15 is 0 Å². The third-order valence-corrected chi connectivity index (χ3v) is 10.2. The fourth-order valence-electron chi connectivity index (χ4n) is 5.68. The Balaban J connectivity index is 1.34. The van der Waals surface area contributed by atoms with Crippen molar-refractivity contribution in [2.24, 2.45) is 17.8 Å². The van der Waals surface area contributed by atoms with Crippen LogP contribution in [0.2, 0.25) is 0 Å². The number of urea groups is 1. The van der Waals surface area contributed by atoms with Crippen molar-refractivity contribution in [3.63, 3.8) is 0 Å². The zero-order valence-electron chi connectivity index (χ0n) is 19.3. The molecule has 0 spiro atoms. The zero-order valence-corrected chi connectivity index (χ0v) is 20.1. The molecule has 2 saturated heterocycles. The predicted octanol–water partition coefficient (Wildman–Crippen LogP) is 1.13. The second-order valence-corrected chi connectivity index (χ2v) is 13.0. The number of nitrogens with zero attached hydrogens (tertiary/aromatic N) is 3. The second-order valence-electron chi connectivity index (χ2n) is 11.1. The van der Waals surface area contributed by atoms with Gasteiger partial charge in [-0.3, -0.25) is 15.1 Å². The average molecular weight is 468 g/mol. The highest BCUT2D eigenvalue weighted by Gasteiger charge is 2.52. The highest BCUT2D eigenvalue weighted by molar-refractivity contribution is 7.90. The quantitative estimate of drug-likeness (QED) is 0.555. The molecular weight excluding hydrogens is 430 g/mol. The van der Waals surface area contributed by atoms with Crippen molar-refractivity contribution in [3.8, 4) is 0 Å². The number of rotatable bonds is 8. The minimum atomic E-state index is -3.49. The Morgan fingerprint density at radius 2 is 1.88 bits per heavy atom. The number of amides is 3. The summed E-state index contributed by atoms with van der Waals surface area (Å²) in [5, 5.41) is 1.43. The molecule has 2 N–H and O–H groups in total. The van der Waals surface area contributed by atoms with Gasteiger partial charge in [-0.15, -0.1) is 0 Å². The summed E-state index contributed by atoms with van der Waals surface area (Å²) in [4.78, 5) is 30.3. The summed E-state index contributed by atoms with van der Waals surface area (Å²) in [5.41, 5.74) is 2.93. The third-order valence-electron chi connectivity index (χ3n) is 8.15. The summed E-state index contributed by atoms with van der Waals surface area (Å²) in [6, 6.07) is -0.339. The summed E-state index contributed by atoms with van der Waals surface area (Å²) in [7, 11) is -1.53. The van der Waals surface area contributed by atoms with Gasteiger partial charge in [0.2, 0.25) is 15.9 Å². The zero-order chi connectivity index (χ0) is 22.7. The lowest BCUT2D eigenvalue weighted by atomic mass is 9.80. The SMILES string of the molecule is CN1CC(CN2C(=O)C3CC(S(=O)(=O)NC4(C)CC4)CCC3N(CCC3CC3)C2=O)CN1. The Morgan fingerprint density at radius 1 is 1.12 bits per heavy atom. The van der Waals surface area contributed by atoms with Crippen LogP contribution in [0.25, 0.3) is 0 Å². The van der Waals surface area contributed by atoms with Crippen LogP contribution in [-0.2, 0) is 14.8 Å². The molecule has 4 atom stereocenters. The molecule has 4 unspecified atom stereocenters. The molecule has 180 valence electrons. The summed E-state index contributed by atoms with van der Waals surface area (Å²) >= 11 is 0. The second kappa shape index (κ2) is 8.21. The van der Waals surface area contributed by atoms with Crippen LogP contribution < -0.4 is 10.1 Å². The van der Waals surface area contributed by atoms with Crippen molar-refractivity contribution in [2.75, 3.05) is 33.2 Å². The number of fused-ring (bicyclic) bond motifs is 1. The normalized spacial score (nSPS) is 35.3. The minimum absolute atomic E-state index is 0.169. The van der Waals surface area contributed by atoms with Gasteiger partial charge in [0.1, 0.15) is 0 Å². The van der Waals surface area contributed by atoms with Gasteiger partial charge in [-0.1, -0.05) is 12.8 Å². The summed E-state index contributed by atoms with van der Waals surface area (Å²) in [5.74, 6) is 0.283. The van der Waals surface area contributed by atoms with Gasteiger partial charge in [-0.05, 0) is 51.4 Å². The Bertz CT molecular complexity index is 872. The lowest BCUT2D eigenvalue weighted by Crippen LogP contribution is -2.65. The molecule has 10 heteroatoms. The molecule has 2 aliphatic heterocycles. The molecule has 32 heavy (non-hydrogen) atoms. The molecule has 3 saturated carbocycles. The van der Waals surface area contributed by atoms with E-state index in [9.17, 15) is 18.0 Å². The molecule has 5 aliphatic rings. The molecule has 0 aromatic carbocycles. The van der Waals surface area contributed by atoms with Crippen LogP contribution in [0.1, 0.15) is 58.3 Å². The Morgan fingerprint density at radius 3 is 2.50 bits per heavy atom. The van der Waals surface area contributed by atoms with Gasteiger partial charge < -0.3 is 4.90 Å². The molecule has 3 aliphatic carbocycles. The molecule has 0 radical (unpaired) electrons. The van der Waals surface area contributed by atoms with E-state index in [0.29, 0.717) is 38.3 Å². The molecule has 2 heterocycles. The minimum Gasteiger partial charge on any atom is -0.320 e. The number of carbonyl (C=O) groups excluding carboxylic acids is 2. The van der Waals surface area contributed by atoms with E-state index in [0.717, 1.165) is 32.4 Å². The largest absolute Gasteiger partial charge is 0.326 e. The molecular formula is C22H37N5O4S. The lowest BCUT2D eigenvalue weighted by molar-refractivity contribution is -0.141. The fraction of sp³-hybridized carbons (Fsp3) is 0.909. The van der Waals surface area contributed by atoms with Crippen molar-refractivity contribution < 1.29 is 18.0 Å². The van der Waals surface area contributed by atoms with Crippen LogP contribution in [-0.4, -0.2) is 85.2 Å². The van der Waals surface area contributed by atoms with Crippen molar-refractivity contribution in [1.82, 2.24) is 25.0 Å². The number of carbonyl (C=O) groups is 2. The van der Waals surface area contributed by atoms with Crippen molar-refractivity contribution >= 4 is 22.0 Å². The first-order valence-corrected chi connectivity index (χ1v) is 13.8. The van der Waals surface area contributed by atoms with E-state index in [-0.39, 0.29) is 29.4 Å². The number of imide groups is 1. The summed E-state index contributed by atoms with van der Waals surface area (Å²) in [6.45, 7) is 4.53. The molecule has 9 nitrogen and oxygen atoms in total. The molecule has 0 aromatic rings. The highest BCUT2D eigenvalue weighted by atomic mass is 32.2. The first-order valence-electron chi connectivity index (χ1n) is 12.2. The van der Waals surface area contributed by atoms with Crippen LogP contribution in [0.3, 0.4) is 0 Å². The van der Waals surface area contributed by atoms with Crippen LogP contribution in [0.5, 0.6) is 0 Å². The van der Waals surface area contributed by atoms with E-state index in [1.165, 1.54) is 17.7 Å². The van der Waals surface area contributed by atoms with Crippen LogP contribution >= 0.6 is 0 Å². The van der Waals surface area contributed by atoms with E-state index in [2.05, 4.69) is 10.1 Å². The maximum atomic E-state index is 13.5. The number of hydrogen-bond donors (Lipinski definition) is 2. The van der Waals surface area contributed by atoms with Crippen molar-refractivity contribution in [2.45, 2.75) is 75.1 Å². The first kappa shape index (κ1) is 22.6. The van der Waals surface area contributed by atoms with Crippen molar-refractivity contribution in [3.05, 3.63) is 0 Å². The maximum absolute atomic E-state index is 13.5. The highest BCUT2D eigenvalue weighted by Crippen LogP contribution is 2.41. The third kappa shape index (κ3) is 4.56. The van der Waals surface area contributed by atoms with E-state index in [4.69, 9.17) is 0 Å². The van der Waals surface area contributed by atoms with Crippen LogP contribution in [0, 0.1) is 17.8 Å². The fourth-order valence-corrected chi connectivity index (χ4v) is 7.65. The Hall–Kier alpha value is -1.23. The van der Waals surface area contributed by atoms with Gasteiger partial charge in [0, 0.05) is 50.7 Å². The van der Waals surface area contributed by atoms with Gasteiger partial charge in [0.25, 0.3) is 0 Å². The average Bonchev–Trinajstić information content (AvgIpc) is 3.66. The topological polar surface area (TPSA) is 102 Å². The van der Waals surface area contributed by atoms with Gasteiger partial charge >= 0.3 is 6.03 Å². The van der Waals surface area contributed by atoms with Crippen LogP contribution in [0.15, 0.2) is 0 Å². The molecule has 3 amide bonds. The summed E-state index contributed by atoms with van der Waals surface area (Å²) in [6.07, 6.45) is 6.55. The lowest BCUT2D eigenvalue weighted by Gasteiger charge is -2.48. The summed E-state index contributed by atoms with van der Waals surface area (Å²) < 4.78 is 29.0. The first-order chi connectivity index (χ1) is 15.2. The maximum Gasteiger partial charge on any atom is 0.326 e. The monoisotopic (exact) mass is 467 g/mol. The molecule has 0 bridgehead atoms. The van der Waals surface area contributed by atoms with Crippen molar-refractivity contribution in [1.29, 1.82) is 0 Å². The molecule has 5 rings (SSSR count). The Labute approximate surface area is 191 Å². The predicted molar refractivity (Wildman–Crippen MR) is 120 cm³/mol. The van der Waals surface area contributed by atoms with E-state index in [1.54, 1.807) is 0 Å². The van der Waals surface area contributed by atoms with Gasteiger partial charge in [-0.2, -0.15) is 0 Å². The van der Waals surface area contributed by atoms with Gasteiger partial charge in [0.05, 0.1) is 11.2 Å². The molecule has 0 aromatic heterocycles. The Kier molecular flexibility index (Phi) is 5.79. The van der Waals surface area contributed by atoms with Crippen LogP contribution in [0.4, 0.5) is 4.79 Å². The van der Waals surface area contributed by atoms with Gasteiger partial charge in [0.15, 0.2) is 0 Å². The standard InChI is InChI=1S/C22H37N5O4S/c1-22(8-9-22)24-32(30,31)17-5-6-19-18(11-17)20(28)27(14-16-12-23-25(2)13-16)21(29)26(19)10-7-15-3-4-15/h15-19,23-24H,3-14H2,1-2H3. The number of sulfonamides is 1. The van der Waals surface area contributed by atoms with Gasteiger partial charge in [-0.25, -0.2) is 22.9 Å². The number of hydrazine groups is 1. The van der Waals surface area contributed by atoms with E-state index < -0.39 is 21.2 Å². The number of hydrogen-bond acceptors (Lipinski definition) is 6. The number of nitrogens with one attached hydrogen (secondary N) is 2. The van der Waals surface area contributed by atoms with E-state index in [1.807, 2.05) is 23.9 Å². The molecule has 5 fully saturated rings.